The molecule has 0 fully saturated rings. The molecule has 1 heteroatoms. The second kappa shape index (κ2) is 5.72. The summed E-state index contributed by atoms with van der Waals surface area (Å²) in [4.78, 5) is 13.3. The van der Waals surface area contributed by atoms with Crippen LogP contribution in [0.15, 0.2) is 12.1 Å². The van der Waals surface area contributed by atoms with E-state index in [4.69, 9.17) is 0 Å². The predicted molar refractivity (Wildman–Crippen MR) is 94.2 cm³/mol. The molecule has 0 aliphatic rings. The maximum atomic E-state index is 13.3. The minimum atomic E-state index is 0.163. The van der Waals surface area contributed by atoms with Gasteiger partial charge < -0.3 is 0 Å². The molecule has 0 spiro atoms. The summed E-state index contributed by atoms with van der Waals surface area (Å²) in [5.74, 6) is 0.163. The van der Waals surface area contributed by atoms with Crippen LogP contribution in [-0.2, 0) is 0 Å². The number of carbonyl (C=O) groups excluding carboxylic acids is 1. The van der Waals surface area contributed by atoms with Gasteiger partial charge in [-0.15, -0.1) is 0 Å². The first-order valence-corrected chi connectivity index (χ1v) is 7.86. The SMILES string of the molecule is Cc1cc(C)c(C(=O)c2c(C)c(C)c(C)c(C)c2C)c(C)c1. The van der Waals surface area contributed by atoms with Crippen LogP contribution >= 0.6 is 0 Å². The molecule has 2 aromatic rings. The van der Waals surface area contributed by atoms with E-state index in [1.54, 1.807) is 0 Å². The Morgan fingerprint density at radius 2 is 0.955 bits per heavy atom. The van der Waals surface area contributed by atoms with E-state index < -0.39 is 0 Å². The maximum Gasteiger partial charge on any atom is 0.194 e. The lowest BCUT2D eigenvalue weighted by Gasteiger charge is -2.19. The molecule has 0 heterocycles. The van der Waals surface area contributed by atoms with Crippen molar-refractivity contribution in [3.63, 3.8) is 0 Å². The fourth-order valence-electron chi connectivity index (χ4n) is 3.50. The molecule has 22 heavy (non-hydrogen) atoms. The first kappa shape index (κ1) is 16.5. The average molecular weight is 294 g/mol. The molecule has 0 aromatic heterocycles. The molecule has 0 saturated carbocycles. The lowest BCUT2D eigenvalue weighted by atomic mass is 9.84. The Morgan fingerprint density at radius 3 is 1.36 bits per heavy atom. The van der Waals surface area contributed by atoms with Gasteiger partial charge in [-0.05, 0) is 94.3 Å². The zero-order valence-corrected chi connectivity index (χ0v) is 15.1. The van der Waals surface area contributed by atoms with Crippen molar-refractivity contribution < 1.29 is 4.79 Å². The molecule has 0 amide bonds. The van der Waals surface area contributed by atoms with Crippen molar-refractivity contribution in [2.24, 2.45) is 0 Å². The Hall–Kier alpha value is -1.89. The summed E-state index contributed by atoms with van der Waals surface area (Å²) in [7, 11) is 0. The van der Waals surface area contributed by atoms with E-state index in [2.05, 4.69) is 53.7 Å². The minimum Gasteiger partial charge on any atom is -0.289 e. The summed E-state index contributed by atoms with van der Waals surface area (Å²) < 4.78 is 0. The van der Waals surface area contributed by atoms with Crippen molar-refractivity contribution >= 4 is 5.78 Å². The van der Waals surface area contributed by atoms with Crippen LogP contribution in [0.5, 0.6) is 0 Å². The maximum absolute atomic E-state index is 13.3. The van der Waals surface area contributed by atoms with Gasteiger partial charge in [0.2, 0.25) is 0 Å². The molecular weight excluding hydrogens is 268 g/mol. The van der Waals surface area contributed by atoms with Crippen LogP contribution < -0.4 is 0 Å². The van der Waals surface area contributed by atoms with Gasteiger partial charge in [-0.2, -0.15) is 0 Å². The largest absolute Gasteiger partial charge is 0.289 e. The Morgan fingerprint density at radius 1 is 0.591 bits per heavy atom. The first-order valence-electron chi connectivity index (χ1n) is 7.86. The Balaban J connectivity index is 2.76. The summed E-state index contributed by atoms with van der Waals surface area (Å²) in [6, 6.07) is 4.19. The predicted octanol–water partition coefficient (Wildman–Crippen LogP) is 5.38. The number of benzene rings is 2. The van der Waals surface area contributed by atoms with Crippen LogP contribution in [0.2, 0.25) is 0 Å². The van der Waals surface area contributed by atoms with Gasteiger partial charge in [0.25, 0.3) is 0 Å². The van der Waals surface area contributed by atoms with Gasteiger partial charge in [-0.1, -0.05) is 17.7 Å². The molecule has 0 unspecified atom stereocenters. The van der Waals surface area contributed by atoms with Crippen LogP contribution in [0, 0.1) is 55.4 Å². The molecule has 2 rings (SSSR count). The van der Waals surface area contributed by atoms with Gasteiger partial charge in [0.1, 0.15) is 0 Å². The molecule has 0 saturated heterocycles. The van der Waals surface area contributed by atoms with E-state index in [9.17, 15) is 4.79 Å². The second-order valence-electron chi connectivity index (χ2n) is 6.60. The smallest absolute Gasteiger partial charge is 0.194 e. The highest BCUT2D eigenvalue weighted by Crippen LogP contribution is 2.30. The topological polar surface area (TPSA) is 17.1 Å². The lowest BCUT2D eigenvalue weighted by Crippen LogP contribution is -2.13. The Bertz CT molecular complexity index is 727. The van der Waals surface area contributed by atoms with E-state index in [-0.39, 0.29) is 5.78 Å². The lowest BCUT2D eigenvalue weighted by molar-refractivity contribution is 0.103. The Labute approximate surface area is 134 Å². The van der Waals surface area contributed by atoms with E-state index in [0.29, 0.717) is 0 Å². The quantitative estimate of drug-likeness (QED) is 0.679. The van der Waals surface area contributed by atoms with Crippen molar-refractivity contribution in [3.05, 3.63) is 67.8 Å². The van der Waals surface area contributed by atoms with Crippen molar-refractivity contribution in [2.75, 3.05) is 0 Å². The molecule has 0 bridgehead atoms. The van der Waals surface area contributed by atoms with Gasteiger partial charge in [0.15, 0.2) is 5.78 Å². The third-order valence-corrected chi connectivity index (χ3v) is 5.13. The van der Waals surface area contributed by atoms with Gasteiger partial charge in [0, 0.05) is 11.1 Å². The number of aryl methyl sites for hydroxylation is 3. The number of rotatable bonds is 2. The highest BCUT2D eigenvalue weighted by atomic mass is 16.1. The third-order valence-electron chi connectivity index (χ3n) is 5.13. The standard InChI is InChI=1S/C21H26O/c1-11-9-12(2)19(13(3)10-11)21(22)20-17(7)15(5)14(4)16(6)18(20)8/h9-10H,1-8H3. The molecule has 1 nitrogen and oxygen atoms in total. The highest BCUT2D eigenvalue weighted by Gasteiger charge is 2.22. The summed E-state index contributed by atoms with van der Waals surface area (Å²) in [6.45, 7) is 16.6. The van der Waals surface area contributed by atoms with Crippen molar-refractivity contribution in [2.45, 2.75) is 55.4 Å². The molecule has 0 atom stereocenters. The van der Waals surface area contributed by atoms with Gasteiger partial charge in [0.05, 0.1) is 0 Å². The second-order valence-corrected chi connectivity index (χ2v) is 6.60. The number of hydrogen-bond acceptors (Lipinski definition) is 1. The van der Waals surface area contributed by atoms with Gasteiger partial charge in [-0.25, -0.2) is 0 Å². The number of ketones is 1. The van der Waals surface area contributed by atoms with E-state index in [0.717, 1.165) is 33.4 Å². The van der Waals surface area contributed by atoms with E-state index >= 15 is 0 Å². The van der Waals surface area contributed by atoms with Crippen molar-refractivity contribution in [3.8, 4) is 0 Å². The zero-order valence-electron chi connectivity index (χ0n) is 15.1. The molecular formula is C21H26O. The fourth-order valence-corrected chi connectivity index (χ4v) is 3.50. The third kappa shape index (κ3) is 2.49. The molecule has 2 aromatic carbocycles. The summed E-state index contributed by atoms with van der Waals surface area (Å²) >= 11 is 0. The molecule has 116 valence electrons. The highest BCUT2D eigenvalue weighted by molar-refractivity contribution is 6.13. The fraction of sp³-hybridized carbons (Fsp3) is 0.381. The summed E-state index contributed by atoms with van der Waals surface area (Å²) in [5, 5.41) is 0. The zero-order chi connectivity index (χ0) is 16.8. The van der Waals surface area contributed by atoms with E-state index in [1.165, 1.54) is 22.3 Å². The van der Waals surface area contributed by atoms with Crippen LogP contribution in [-0.4, -0.2) is 5.78 Å². The van der Waals surface area contributed by atoms with Crippen molar-refractivity contribution in [1.29, 1.82) is 0 Å². The molecule has 0 aliphatic carbocycles. The van der Waals surface area contributed by atoms with E-state index in [1.807, 2.05) is 13.8 Å². The first-order chi connectivity index (χ1) is 10.2. The van der Waals surface area contributed by atoms with Crippen LogP contribution in [0.3, 0.4) is 0 Å². The molecule has 0 aliphatic heterocycles. The summed E-state index contributed by atoms with van der Waals surface area (Å²) in [6.07, 6.45) is 0. The van der Waals surface area contributed by atoms with Crippen LogP contribution in [0.1, 0.15) is 60.4 Å². The summed E-state index contributed by atoms with van der Waals surface area (Å²) in [5.41, 5.74) is 11.1. The monoisotopic (exact) mass is 294 g/mol. The normalized spacial score (nSPS) is 10.9. The van der Waals surface area contributed by atoms with Gasteiger partial charge >= 0.3 is 0 Å². The number of hydrogen-bond donors (Lipinski definition) is 0. The van der Waals surface area contributed by atoms with Crippen LogP contribution in [0.25, 0.3) is 0 Å². The molecule has 0 N–H and O–H groups in total. The van der Waals surface area contributed by atoms with Gasteiger partial charge in [-0.3, -0.25) is 4.79 Å². The minimum absolute atomic E-state index is 0.163. The number of carbonyl (C=O) groups is 1. The van der Waals surface area contributed by atoms with Crippen LogP contribution in [0.4, 0.5) is 0 Å². The molecule has 0 radical (unpaired) electrons. The van der Waals surface area contributed by atoms with Crippen molar-refractivity contribution in [1.82, 2.24) is 0 Å². The Kier molecular flexibility index (Phi) is 4.28. The average Bonchev–Trinajstić information content (AvgIpc) is 2.42.